The normalized spacial score (nSPS) is 11.3. The standard InChI is InChI=1S/C25H22Cl2N2O5/c1-14(29-24(31)22-23(30)20(33-3)12-13-28-22)25(32)34-15(2)21(16-4-8-18(26)9-5-16)17-6-10-19(27)11-7-17/h4-14,30H,1-3H3,(H,29,31)/t14-/m0/s1. The van der Waals surface area contributed by atoms with E-state index in [1.807, 2.05) is 24.3 Å². The number of aromatic hydroxyl groups is 1. The number of hydrogen-bond donors (Lipinski definition) is 2. The SMILES string of the molecule is COc1ccnc(C(=O)N[C@@H](C)C(=O)OC(C)=C(c2ccc(Cl)cc2)c2ccc(Cl)cc2)c1O. The van der Waals surface area contributed by atoms with Gasteiger partial charge in [0.1, 0.15) is 11.8 Å². The first-order chi connectivity index (χ1) is 16.2. The molecule has 1 heterocycles. The predicted octanol–water partition coefficient (Wildman–Crippen LogP) is 5.24. The van der Waals surface area contributed by atoms with Crippen molar-refractivity contribution in [2.75, 3.05) is 7.11 Å². The molecule has 0 saturated heterocycles. The highest BCUT2D eigenvalue weighted by Crippen LogP contribution is 2.30. The van der Waals surface area contributed by atoms with Crippen molar-refractivity contribution in [1.29, 1.82) is 0 Å². The van der Waals surface area contributed by atoms with Gasteiger partial charge in [0.2, 0.25) is 0 Å². The van der Waals surface area contributed by atoms with Crippen molar-refractivity contribution in [2.24, 2.45) is 0 Å². The first-order valence-electron chi connectivity index (χ1n) is 10.2. The average Bonchev–Trinajstić information content (AvgIpc) is 2.81. The van der Waals surface area contributed by atoms with E-state index in [2.05, 4.69) is 10.3 Å². The van der Waals surface area contributed by atoms with Crippen LogP contribution in [0.4, 0.5) is 0 Å². The van der Waals surface area contributed by atoms with Crippen molar-refractivity contribution < 1.29 is 24.2 Å². The molecular formula is C25H22Cl2N2O5. The third kappa shape index (κ3) is 5.87. The fraction of sp³-hybridized carbons (Fsp3) is 0.160. The van der Waals surface area contributed by atoms with Crippen molar-refractivity contribution in [2.45, 2.75) is 19.9 Å². The molecule has 0 saturated carbocycles. The Morgan fingerprint density at radius 3 is 2.00 bits per heavy atom. The third-order valence-electron chi connectivity index (χ3n) is 4.89. The minimum atomic E-state index is -1.04. The second-order valence-corrected chi connectivity index (χ2v) is 8.14. The molecule has 1 atom stereocenters. The summed E-state index contributed by atoms with van der Waals surface area (Å²) in [4.78, 5) is 29.2. The topological polar surface area (TPSA) is 97.8 Å². The summed E-state index contributed by atoms with van der Waals surface area (Å²) in [6.07, 6.45) is 1.31. The van der Waals surface area contributed by atoms with Crippen LogP contribution in [0.5, 0.6) is 11.5 Å². The van der Waals surface area contributed by atoms with E-state index in [0.29, 0.717) is 21.4 Å². The molecule has 3 aromatic rings. The number of carbonyl (C=O) groups is 2. The van der Waals surface area contributed by atoms with Crippen LogP contribution in [0, 0.1) is 0 Å². The molecular weight excluding hydrogens is 479 g/mol. The van der Waals surface area contributed by atoms with Crippen LogP contribution >= 0.6 is 23.2 Å². The summed E-state index contributed by atoms with van der Waals surface area (Å²) in [7, 11) is 1.35. The highest BCUT2D eigenvalue weighted by Gasteiger charge is 2.24. The molecule has 2 aromatic carbocycles. The number of allylic oxidation sites excluding steroid dienone is 1. The number of ether oxygens (including phenoxy) is 2. The third-order valence-corrected chi connectivity index (χ3v) is 5.40. The van der Waals surface area contributed by atoms with E-state index < -0.39 is 23.7 Å². The largest absolute Gasteiger partial charge is 0.503 e. The van der Waals surface area contributed by atoms with Crippen molar-refractivity contribution >= 4 is 40.7 Å². The smallest absolute Gasteiger partial charge is 0.333 e. The van der Waals surface area contributed by atoms with Gasteiger partial charge in [0, 0.05) is 27.9 Å². The van der Waals surface area contributed by atoms with E-state index in [4.69, 9.17) is 32.7 Å². The number of halogens is 2. The Morgan fingerprint density at radius 1 is 0.971 bits per heavy atom. The van der Waals surface area contributed by atoms with Gasteiger partial charge in [0.05, 0.1) is 7.11 Å². The van der Waals surface area contributed by atoms with Crippen LogP contribution in [-0.2, 0) is 9.53 Å². The lowest BCUT2D eigenvalue weighted by atomic mass is 9.97. The van der Waals surface area contributed by atoms with Crippen molar-refractivity contribution in [1.82, 2.24) is 10.3 Å². The van der Waals surface area contributed by atoms with E-state index in [-0.39, 0.29) is 11.4 Å². The minimum absolute atomic E-state index is 0.0877. The monoisotopic (exact) mass is 500 g/mol. The molecule has 1 aromatic heterocycles. The summed E-state index contributed by atoms with van der Waals surface area (Å²) in [6, 6.07) is 14.6. The molecule has 0 aliphatic heterocycles. The Labute approximate surface area is 206 Å². The first kappa shape index (κ1) is 25.1. The second kappa shape index (κ2) is 11.0. The van der Waals surface area contributed by atoms with Gasteiger partial charge in [-0.05, 0) is 49.2 Å². The Balaban J connectivity index is 1.84. The Hall–Kier alpha value is -3.55. The Kier molecular flexibility index (Phi) is 8.15. The molecule has 0 spiro atoms. The highest BCUT2D eigenvalue weighted by molar-refractivity contribution is 6.31. The number of carbonyl (C=O) groups excluding carboxylic acids is 2. The number of hydrogen-bond acceptors (Lipinski definition) is 6. The number of esters is 1. The maximum atomic E-state index is 12.8. The zero-order valence-electron chi connectivity index (χ0n) is 18.6. The molecule has 0 aliphatic rings. The van der Waals surface area contributed by atoms with Crippen molar-refractivity contribution in [3.63, 3.8) is 0 Å². The number of amides is 1. The summed E-state index contributed by atoms with van der Waals surface area (Å²) in [5.41, 5.74) is 1.94. The van der Waals surface area contributed by atoms with Gasteiger partial charge in [0.25, 0.3) is 5.91 Å². The molecule has 2 N–H and O–H groups in total. The van der Waals surface area contributed by atoms with Gasteiger partial charge in [-0.25, -0.2) is 9.78 Å². The number of benzene rings is 2. The summed E-state index contributed by atoms with van der Waals surface area (Å²) in [6.45, 7) is 3.12. The molecule has 0 fully saturated rings. The zero-order valence-corrected chi connectivity index (χ0v) is 20.1. The fourth-order valence-corrected chi connectivity index (χ4v) is 3.44. The number of methoxy groups -OCH3 is 1. The highest BCUT2D eigenvalue weighted by atomic mass is 35.5. The van der Waals surface area contributed by atoms with Crippen molar-refractivity contribution in [3.05, 3.63) is 93.4 Å². The van der Waals surface area contributed by atoms with Crippen LogP contribution in [0.3, 0.4) is 0 Å². The number of nitrogens with one attached hydrogen (secondary N) is 1. The molecule has 34 heavy (non-hydrogen) atoms. The lowest BCUT2D eigenvalue weighted by Gasteiger charge is -2.17. The van der Waals surface area contributed by atoms with Gasteiger partial charge < -0.3 is 19.9 Å². The molecule has 1 amide bonds. The molecule has 7 nitrogen and oxygen atoms in total. The maximum Gasteiger partial charge on any atom is 0.333 e. The summed E-state index contributed by atoms with van der Waals surface area (Å²) < 4.78 is 10.6. The van der Waals surface area contributed by atoms with Gasteiger partial charge in [-0.1, -0.05) is 47.5 Å². The van der Waals surface area contributed by atoms with E-state index >= 15 is 0 Å². The van der Waals surface area contributed by atoms with Crippen LogP contribution in [0.1, 0.15) is 35.5 Å². The Bertz CT molecular complexity index is 1180. The summed E-state index contributed by atoms with van der Waals surface area (Å²) in [5, 5.41) is 13.7. The fourth-order valence-electron chi connectivity index (χ4n) is 3.19. The van der Waals surface area contributed by atoms with Gasteiger partial charge in [-0.2, -0.15) is 0 Å². The van der Waals surface area contributed by atoms with Gasteiger partial charge in [0.15, 0.2) is 17.2 Å². The lowest BCUT2D eigenvalue weighted by molar-refractivity contribution is -0.141. The molecule has 9 heteroatoms. The van der Waals surface area contributed by atoms with Crippen LogP contribution in [-0.4, -0.2) is 35.1 Å². The van der Waals surface area contributed by atoms with E-state index in [1.165, 1.54) is 26.3 Å². The van der Waals surface area contributed by atoms with E-state index in [0.717, 1.165) is 11.1 Å². The Morgan fingerprint density at radius 2 is 1.50 bits per heavy atom. The van der Waals surface area contributed by atoms with Gasteiger partial charge in [-0.3, -0.25) is 4.79 Å². The van der Waals surface area contributed by atoms with Crippen LogP contribution in [0.2, 0.25) is 10.0 Å². The first-order valence-corrected chi connectivity index (χ1v) is 10.9. The number of rotatable bonds is 7. The molecule has 0 radical (unpaired) electrons. The minimum Gasteiger partial charge on any atom is -0.503 e. The van der Waals surface area contributed by atoms with E-state index in [1.54, 1.807) is 31.2 Å². The van der Waals surface area contributed by atoms with Gasteiger partial charge in [-0.15, -0.1) is 0 Å². The number of nitrogens with zero attached hydrogens (tertiary/aromatic N) is 1. The summed E-state index contributed by atoms with van der Waals surface area (Å²) >= 11 is 12.1. The van der Waals surface area contributed by atoms with Crippen LogP contribution < -0.4 is 10.1 Å². The van der Waals surface area contributed by atoms with Gasteiger partial charge >= 0.3 is 5.97 Å². The lowest BCUT2D eigenvalue weighted by Crippen LogP contribution is -2.39. The second-order valence-electron chi connectivity index (χ2n) is 7.27. The molecule has 3 rings (SSSR count). The van der Waals surface area contributed by atoms with Crippen LogP contribution in [0.25, 0.3) is 5.57 Å². The van der Waals surface area contributed by atoms with Crippen molar-refractivity contribution in [3.8, 4) is 11.5 Å². The zero-order chi connectivity index (χ0) is 24.8. The molecule has 0 bridgehead atoms. The van der Waals surface area contributed by atoms with E-state index in [9.17, 15) is 14.7 Å². The van der Waals surface area contributed by atoms with Crippen LogP contribution in [0.15, 0.2) is 66.6 Å². The number of pyridine rings is 1. The molecule has 0 aliphatic carbocycles. The quantitative estimate of drug-likeness (QED) is 0.339. The number of aromatic nitrogens is 1. The predicted molar refractivity (Wildman–Crippen MR) is 130 cm³/mol. The summed E-state index contributed by atoms with van der Waals surface area (Å²) in [5.74, 6) is -1.47. The maximum absolute atomic E-state index is 12.8. The molecule has 176 valence electrons. The molecule has 0 unspecified atom stereocenters. The average molecular weight is 501 g/mol.